The van der Waals surface area contributed by atoms with E-state index in [2.05, 4.69) is 13.8 Å². The molecule has 1 N–H and O–H groups in total. The monoisotopic (exact) mass is 482 g/mol. The summed E-state index contributed by atoms with van der Waals surface area (Å²) in [5, 5.41) is 9.00. The van der Waals surface area contributed by atoms with Gasteiger partial charge in [-0.1, -0.05) is 136 Å². The van der Waals surface area contributed by atoms with Crippen LogP contribution in [0, 0.1) is 0 Å². The van der Waals surface area contributed by atoms with Crippen molar-refractivity contribution in [2.45, 2.75) is 180 Å². The Morgan fingerprint density at radius 1 is 0.529 bits per heavy atom. The van der Waals surface area contributed by atoms with Crippen LogP contribution in [0.1, 0.15) is 174 Å². The van der Waals surface area contributed by atoms with E-state index in [9.17, 15) is 9.59 Å². The first-order valence-corrected chi connectivity index (χ1v) is 15.0. The molecule has 0 amide bonds. The van der Waals surface area contributed by atoms with Gasteiger partial charge >= 0.3 is 11.9 Å². The normalized spacial score (nSPS) is 12.1. The highest BCUT2D eigenvalue weighted by Gasteiger charge is 2.15. The molecular weight excluding hydrogens is 424 g/mol. The first-order valence-electron chi connectivity index (χ1n) is 15.0. The molecule has 0 aliphatic carbocycles. The molecule has 1 unspecified atom stereocenters. The highest BCUT2D eigenvalue weighted by Crippen LogP contribution is 2.17. The number of carboxylic acid groups (broad SMARTS) is 1. The van der Waals surface area contributed by atoms with Gasteiger partial charge in [-0.3, -0.25) is 9.59 Å². The fraction of sp³-hybridized carbons (Fsp3) is 0.933. The van der Waals surface area contributed by atoms with Crippen molar-refractivity contribution >= 4 is 11.9 Å². The molecular formula is C30H58O4. The van der Waals surface area contributed by atoms with Gasteiger partial charge in [0.05, 0.1) is 0 Å². The minimum absolute atomic E-state index is 0.0771. The number of hydrogen-bond acceptors (Lipinski definition) is 3. The molecule has 202 valence electrons. The maximum atomic E-state index is 12.3. The van der Waals surface area contributed by atoms with Crippen LogP contribution in [0.4, 0.5) is 0 Å². The van der Waals surface area contributed by atoms with Crippen molar-refractivity contribution in [3.8, 4) is 0 Å². The van der Waals surface area contributed by atoms with Gasteiger partial charge in [-0.2, -0.15) is 0 Å². The van der Waals surface area contributed by atoms with Crippen molar-refractivity contribution in [3.05, 3.63) is 0 Å². The first kappa shape index (κ1) is 32.9. The van der Waals surface area contributed by atoms with Gasteiger partial charge in [-0.25, -0.2) is 0 Å². The molecule has 0 bridgehead atoms. The van der Waals surface area contributed by atoms with Crippen LogP contribution in [0.15, 0.2) is 0 Å². The van der Waals surface area contributed by atoms with Crippen LogP contribution < -0.4 is 0 Å². The zero-order valence-corrected chi connectivity index (χ0v) is 22.9. The minimum Gasteiger partial charge on any atom is -0.481 e. The molecule has 0 saturated carbocycles. The summed E-state index contributed by atoms with van der Waals surface area (Å²) in [4.78, 5) is 23.2. The Labute approximate surface area is 212 Å². The van der Waals surface area contributed by atoms with Crippen LogP contribution >= 0.6 is 0 Å². The molecule has 0 radical (unpaired) electrons. The third-order valence-electron chi connectivity index (χ3n) is 6.84. The van der Waals surface area contributed by atoms with Gasteiger partial charge in [-0.15, -0.1) is 0 Å². The standard InChI is InChI=1S/C30H58O4/c1-3-5-7-9-11-13-14-15-16-17-19-21-23-25-30(33)34-28(26-27-29(31)32)24-22-20-18-12-10-8-6-4-2/h28H,3-27H2,1-2H3,(H,31,32). The lowest BCUT2D eigenvalue weighted by atomic mass is 10.0. The molecule has 4 heteroatoms. The van der Waals surface area contributed by atoms with E-state index >= 15 is 0 Å². The second kappa shape index (κ2) is 26.5. The van der Waals surface area contributed by atoms with Gasteiger partial charge in [0.1, 0.15) is 6.10 Å². The summed E-state index contributed by atoms with van der Waals surface area (Å²) in [6, 6.07) is 0. The van der Waals surface area contributed by atoms with Gasteiger partial charge in [0, 0.05) is 12.8 Å². The maximum Gasteiger partial charge on any atom is 0.306 e. The van der Waals surface area contributed by atoms with Gasteiger partial charge in [0.15, 0.2) is 0 Å². The quantitative estimate of drug-likeness (QED) is 0.0934. The largest absolute Gasteiger partial charge is 0.481 e. The van der Waals surface area contributed by atoms with Crippen LogP contribution in [-0.4, -0.2) is 23.1 Å². The van der Waals surface area contributed by atoms with E-state index in [4.69, 9.17) is 9.84 Å². The smallest absolute Gasteiger partial charge is 0.306 e. The number of carboxylic acids is 1. The van der Waals surface area contributed by atoms with Crippen molar-refractivity contribution in [2.75, 3.05) is 0 Å². The fourth-order valence-electron chi connectivity index (χ4n) is 4.58. The molecule has 4 nitrogen and oxygen atoms in total. The molecule has 1 atom stereocenters. The molecule has 34 heavy (non-hydrogen) atoms. The summed E-state index contributed by atoms with van der Waals surface area (Å²) in [5.41, 5.74) is 0. The van der Waals surface area contributed by atoms with Gasteiger partial charge in [-0.05, 0) is 25.7 Å². The Morgan fingerprint density at radius 3 is 1.32 bits per heavy atom. The Bertz CT molecular complexity index is 449. The van der Waals surface area contributed by atoms with E-state index in [-0.39, 0.29) is 18.5 Å². The summed E-state index contributed by atoms with van der Waals surface area (Å²) in [6.07, 6.45) is 28.2. The SMILES string of the molecule is CCCCCCCCCCCCCCCC(=O)OC(CCCCCCCCCC)CCC(=O)O. The Hall–Kier alpha value is -1.06. The van der Waals surface area contributed by atoms with Gasteiger partial charge in [0.25, 0.3) is 0 Å². The lowest BCUT2D eigenvalue weighted by Gasteiger charge is -2.17. The summed E-state index contributed by atoms with van der Waals surface area (Å²) < 4.78 is 5.67. The number of rotatable bonds is 27. The lowest BCUT2D eigenvalue weighted by Crippen LogP contribution is -2.19. The summed E-state index contributed by atoms with van der Waals surface area (Å²) >= 11 is 0. The van der Waals surface area contributed by atoms with E-state index in [1.165, 1.54) is 109 Å². The molecule has 0 aromatic heterocycles. The highest BCUT2D eigenvalue weighted by atomic mass is 16.5. The minimum atomic E-state index is -0.812. The number of carbonyl (C=O) groups excluding carboxylic acids is 1. The Morgan fingerprint density at radius 2 is 0.912 bits per heavy atom. The van der Waals surface area contributed by atoms with Gasteiger partial charge in [0.2, 0.25) is 0 Å². The number of esters is 1. The number of aliphatic carboxylic acids is 1. The average Bonchev–Trinajstić information content (AvgIpc) is 2.82. The zero-order chi connectivity index (χ0) is 25.1. The summed E-state index contributed by atoms with van der Waals surface area (Å²) in [5.74, 6) is -0.952. The summed E-state index contributed by atoms with van der Waals surface area (Å²) in [7, 11) is 0. The van der Waals surface area contributed by atoms with Crippen LogP contribution in [0.5, 0.6) is 0 Å². The maximum absolute atomic E-state index is 12.3. The van der Waals surface area contributed by atoms with Crippen molar-refractivity contribution in [2.24, 2.45) is 0 Å². The van der Waals surface area contributed by atoms with Crippen LogP contribution in [-0.2, 0) is 14.3 Å². The molecule has 0 rings (SSSR count). The third-order valence-corrected chi connectivity index (χ3v) is 6.84. The first-order chi connectivity index (χ1) is 16.6. The average molecular weight is 483 g/mol. The van der Waals surface area contributed by atoms with E-state index in [1.54, 1.807) is 0 Å². The van der Waals surface area contributed by atoms with Crippen molar-refractivity contribution in [1.82, 2.24) is 0 Å². The molecule has 0 aliphatic rings. The van der Waals surface area contributed by atoms with Crippen molar-refractivity contribution in [3.63, 3.8) is 0 Å². The predicted molar refractivity (Wildman–Crippen MR) is 144 cm³/mol. The highest BCUT2D eigenvalue weighted by molar-refractivity contribution is 5.69. The molecule has 0 saturated heterocycles. The van der Waals surface area contributed by atoms with E-state index in [1.807, 2.05) is 0 Å². The second-order valence-electron chi connectivity index (χ2n) is 10.3. The van der Waals surface area contributed by atoms with Crippen LogP contribution in [0.2, 0.25) is 0 Å². The molecule has 0 aliphatic heterocycles. The van der Waals surface area contributed by atoms with E-state index < -0.39 is 5.97 Å². The molecule has 0 heterocycles. The zero-order valence-electron chi connectivity index (χ0n) is 22.9. The van der Waals surface area contributed by atoms with Crippen molar-refractivity contribution < 1.29 is 19.4 Å². The van der Waals surface area contributed by atoms with Crippen molar-refractivity contribution in [1.29, 1.82) is 0 Å². The fourth-order valence-corrected chi connectivity index (χ4v) is 4.58. The number of carbonyl (C=O) groups is 2. The number of hydrogen-bond donors (Lipinski definition) is 1. The van der Waals surface area contributed by atoms with E-state index in [0.29, 0.717) is 12.8 Å². The molecule has 0 fully saturated rings. The molecule has 0 spiro atoms. The number of unbranched alkanes of at least 4 members (excludes halogenated alkanes) is 19. The lowest BCUT2D eigenvalue weighted by molar-refractivity contribution is -0.151. The molecule has 0 aromatic rings. The van der Waals surface area contributed by atoms with E-state index in [0.717, 1.165) is 32.1 Å². The third kappa shape index (κ3) is 25.6. The molecule has 0 aromatic carbocycles. The van der Waals surface area contributed by atoms with Gasteiger partial charge < -0.3 is 9.84 Å². The summed E-state index contributed by atoms with van der Waals surface area (Å²) in [6.45, 7) is 4.50. The predicted octanol–water partition coefficient (Wildman–Crippen LogP) is 9.78. The number of ether oxygens (including phenoxy) is 1. The topological polar surface area (TPSA) is 63.6 Å². The Kier molecular flexibility index (Phi) is 25.7. The van der Waals surface area contributed by atoms with Crippen LogP contribution in [0.25, 0.3) is 0 Å². The Balaban J connectivity index is 3.74. The second-order valence-corrected chi connectivity index (χ2v) is 10.3. The van der Waals surface area contributed by atoms with Crippen LogP contribution in [0.3, 0.4) is 0 Å².